The van der Waals surface area contributed by atoms with Crippen molar-refractivity contribution in [3.05, 3.63) is 0 Å². The number of amides is 2. The lowest BCUT2D eigenvalue weighted by molar-refractivity contribution is -0.135. The van der Waals surface area contributed by atoms with E-state index < -0.39 is 0 Å². The van der Waals surface area contributed by atoms with Gasteiger partial charge in [0.05, 0.1) is 6.54 Å². The predicted octanol–water partition coefficient (Wildman–Crippen LogP) is 0.799. The summed E-state index contributed by atoms with van der Waals surface area (Å²) >= 11 is 0. The molecule has 2 saturated heterocycles. The highest BCUT2D eigenvalue weighted by molar-refractivity contribution is 5.78. The zero-order chi connectivity index (χ0) is 14.5. The molecule has 0 bridgehead atoms. The van der Waals surface area contributed by atoms with Gasteiger partial charge in [-0.2, -0.15) is 0 Å². The third kappa shape index (κ3) is 3.95. The molecule has 2 heterocycles. The van der Waals surface area contributed by atoms with Crippen LogP contribution in [0.4, 0.5) is 0 Å². The molecule has 2 aliphatic heterocycles. The first kappa shape index (κ1) is 15.3. The zero-order valence-electron chi connectivity index (χ0n) is 12.8. The number of rotatable bonds is 3. The second-order valence-electron chi connectivity index (χ2n) is 6.07. The number of likely N-dealkylation sites (tertiary alicyclic amines) is 1. The summed E-state index contributed by atoms with van der Waals surface area (Å²) in [7, 11) is 0. The first-order chi connectivity index (χ1) is 9.60. The summed E-state index contributed by atoms with van der Waals surface area (Å²) in [6.45, 7) is 9.66. The van der Waals surface area contributed by atoms with Crippen molar-refractivity contribution in [3.8, 4) is 0 Å². The normalized spacial score (nSPS) is 22.1. The standard InChI is InChI=1S/C15H27N3O2/c1-3-14(19)18-10-8-16(9-11-18)12-15(20)17-6-4-13(2)5-7-17/h13H,3-12H2,1-2H3. The van der Waals surface area contributed by atoms with Crippen LogP contribution in [-0.4, -0.2) is 72.3 Å². The lowest BCUT2D eigenvalue weighted by Gasteiger charge is -2.36. The molecular weight excluding hydrogens is 254 g/mol. The van der Waals surface area contributed by atoms with Crippen LogP contribution in [-0.2, 0) is 9.59 Å². The Labute approximate surface area is 121 Å². The van der Waals surface area contributed by atoms with E-state index in [0.29, 0.717) is 13.0 Å². The van der Waals surface area contributed by atoms with Crippen molar-refractivity contribution < 1.29 is 9.59 Å². The van der Waals surface area contributed by atoms with Crippen LogP contribution in [0.1, 0.15) is 33.1 Å². The zero-order valence-corrected chi connectivity index (χ0v) is 12.8. The van der Waals surface area contributed by atoms with Crippen LogP contribution in [0.5, 0.6) is 0 Å². The lowest BCUT2D eigenvalue weighted by Crippen LogP contribution is -2.52. The number of nitrogens with zero attached hydrogens (tertiary/aromatic N) is 3. The van der Waals surface area contributed by atoms with Crippen LogP contribution in [0.25, 0.3) is 0 Å². The van der Waals surface area contributed by atoms with Crippen molar-refractivity contribution >= 4 is 11.8 Å². The van der Waals surface area contributed by atoms with Gasteiger partial charge in [0.25, 0.3) is 0 Å². The van der Waals surface area contributed by atoms with Gasteiger partial charge in [0.15, 0.2) is 0 Å². The Morgan fingerprint density at radius 2 is 1.45 bits per heavy atom. The van der Waals surface area contributed by atoms with Crippen LogP contribution >= 0.6 is 0 Å². The summed E-state index contributed by atoms with van der Waals surface area (Å²) in [5, 5.41) is 0. The van der Waals surface area contributed by atoms with E-state index in [2.05, 4.69) is 11.8 Å². The molecule has 0 N–H and O–H groups in total. The molecule has 0 aliphatic carbocycles. The molecule has 5 heteroatoms. The van der Waals surface area contributed by atoms with E-state index in [1.807, 2.05) is 16.7 Å². The topological polar surface area (TPSA) is 43.9 Å². The van der Waals surface area contributed by atoms with Crippen LogP contribution in [0.15, 0.2) is 0 Å². The predicted molar refractivity (Wildman–Crippen MR) is 78.3 cm³/mol. The molecular formula is C15H27N3O2. The fourth-order valence-corrected chi connectivity index (χ4v) is 2.93. The summed E-state index contributed by atoms with van der Waals surface area (Å²) < 4.78 is 0. The molecule has 0 aromatic carbocycles. The van der Waals surface area contributed by atoms with Crippen molar-refractivity contribution in [1.29, 1.82) is 0 Å². The van der Waals surface area contributed by atoms with Crippen molar-refractivity contribution in [2.75, 3.05) is 45.8 Å². The molecule has 114 valence electrons. The Hall–Kier alpha value is -1.10. The van der Waals surface area contributed by atoms with Gasteiger partial charge in [-0.1, -0.05) is 13.8 Å². The largest absolute Gasteiger partial charge is 0.342 e. The van der Waals surface area contributed by atoms with Gasteiger partial charge in [-0.3, -0.25) is 14.5 Å². The number of piperidine rings is 1. The highest BCUT2D eigenvalue weighted by Gasteiger charge is 2.25. The van der Waals surface area contributed by atoms with E-state index in [1.165, 1.54) is 0 Å². The van der Waals surface area contributed by atoms with Gasteiger partial charge in [0.1, 0.15) is 0 Å². The molecule has 2 fully saturated rings. The maximum atomic E-state index is 12.2. The molecule has 0 spiro atoms. The third-order valence-corrected chi connectivity index (χ3v) is 4.52. The number of hydrogen-bond donors (Lipinski definition) is 0. The monoisotopic (exact) mass is 281 g/mol. The third-order valence-electron chi connectivity index (χ3n) is 4.52. The van der Waals surface area contributed by atoms with Gasteiger partial charge in [-0.25, -0.2) is 0 Å². The van der Waals surface area contributed by atoms with E-state index in [4.69, 9.17) is 0 Å². The first-order valence-electron chi connectivity index (χ1n) is 7.88. The van der Waals surface area contributed by atoms with E-state index >= 15 is 0 Å². The number of hydrogen-bond acceptors (Lipinski definition) is 3. The van der Waals surface area contributed by atoms with Gasteiger partial charge in [-0.05, 0) is 18.8 Å². The Kier molecular flexibility index (Phi) is 5.40. The van der Waals surface area contributed by atoms with Crippen molar-refractivity contribution in [2.24, 2.45) is 5.92 Å². The van der Waals surface area contributed by atoms with Crippen molar-refractivity contribution in [1.82, 2.24) is 14.7 Å². The van der Waals surface area contributed by atoms with Crippen molar-refractivity contribution in [3.63, 3.8) is 0 Å². The van der Waals surface area contributed by atoms with E-state index in [1.54, 1.807) is 0 Å². The summed E-state index contributed by atoms with van der Waals surface area (Å²) in [5.41, 5.74) is 0. The van der Waals surface area contributed by atoms with E-state index in [-0.39, 0.29) is 11.8 Å². The Balaban J connectivity index is 1.72. The molecule has 0 radical (unpaired) electrons. The van der Waals surface area contributed by atoms with Crippen molar-refractivity contribution in [2.45, 2.75) is 33.1 Å². The SMILES string of the molecule is CCC(=O)N1CCN(CC(=O)N2CCC(C)CC2)CC1. The minimum atomic E-state index is 0.223. The molecule has 0 saturated carbocycles. The molecule has 2 amide bonds. The summed E-state index contributed by atoms with van der Waals surface area (Å²) in [6.07, 6.45) is 2.83. The minimum Gasteiger partial charge on any atom is -0.342 e. The van der Waals surface area contributed by atoms with Crippen LogP contribution in [0, 0.1) is 5.92 Å². The fraction of sp³-hybridized carbons (Fsp3) is 0.867. The molecule has 0 aromatic rings. The van der Waals surface area contributed by atoms with Gasteiger partial charge < -0.3 is 9.80 Å². The van der Waals surface area contributed by atoms with E-state index in [9.17, 15) is 9.59 Å². The quantitative estimate of drug-likeness (QED) is 0.768. The van der Waals surface area contributed by atoms with Gasteiger partial charge >= 0.3 is 0 Å². The highest BCUT2D eigenvalue weighted by Crippen LogP contribution is 2.16. The average molecular weight is 281 g/mol. The lowest BCUT2D eigenvalue weighted by atomic mass is 9.99. The molecule has 0 atom stereocenters. The second kappa shape index (κ2) is 7.07. The second-order valence-corrected chi connectivity index (χ2v) is 6.07. The fourth-order valence-electron chi connectivity index (χ4n) is 2.93. The van der Waals surface area contributed by atoms with Gasteiger partial charge in [-0.15, -0.1) is 0 Å². The molecule has 2 rings (SSSR count). The first-order valence-corrected chi connectivity index (χ1v) is 7.88. The molecule has 20 heavy (non-hydrogen) atoms. The average Bonchev–Trinajstić information content (AvgIpc) is 2.48. The Bertz CT molecular complexity index is 343. The van der Waals surface area contributed by atoms with E-state index in [0.717, 1.165) is 58.0 Å². The van der Waals surface area contributed by atoms with Crippen LogP contribution < -0.4 is 0 Å². The maximum absolute atomic E-state index is 12.2. The molecule has 0 aromatic heterocycles. The van der Waals surface area contributed by atoms with Gasteiger partial charge in [0.2, 0.25) is 11.8 Å². The molecule has 0 unspecified atom stereocenters. The molecule has 2 aliphatic rings. The maximum Gasteiger partial charge on any atom is 0.236 e. The Morgan fingerprint density at radius 1 is 0.900 bits per heavy atom. The van der Waals surface area contributed by atoms with Crippen LogP contribution in [0.2, 0.25) is 0 Å². The minimum absolute atomic E-state index is 0.223. The smallest absolute Gasteiger partial charge is 0.236 e. The number of carbonyl (C=O) groups is 2. The summed E-state index contributed by atoms with van der Waals surface area (Å²) in [5.74, 6) is 1.23. The number of piperazine rings is 1. The Morgan fingerprint density at radius 3 is 2.00 bits per heavy atom. The van der Waals surface area contributed by atoms with Crippen LogP contribution in [0.3, 0.4) is 0 Å². The molecule has 5 nitrogen and oxygen atoms in total. The van der Waals surface area contributed by atoms with Gasteiger partial charge in [0, 0.05) is 45.7 Å². The summed E-state index contributed by atoms with van der Waals surface area (Å²) in [4.78, 5) is 29.9. The summed E-state index contributed by atoms with van der Waals surface area (Å²) in [6, 6.07) is 0. The highest BCUT2D eigenvalue weighted by atomic mass is 16.2. The number of carbonyl (C=O) groups excluding carboxylic acids is 2.